The highest BCUT2D eigenvalue weighted by Crippen LogP contribution is 2.49. The molecule has 0 radical (unpaired) electrons. The first-order valence-corrected chi connectivity index (χ1v) is 12.6. The molecule has 3 atom stereocenters. The van der Waals surface area contributed by atoms with E-state index in [1.165, 1.54) is 12.1 Å². The maximum atomic E-state index is 14.6. The number of hydrogen-bond donors (Lipinski definition) is 2. The number of benzene rings is 2. The molecular weight excluding hydrogens is 504 g/mol. The molecule has 1 aliphatic carbocycles. The normalized spacial score (nSPS) is 25.6. The average Bonchev–Trinajstić information content (AvgIpc) is 3.54. The van der Waals surface area contributed by atoms with Crippen LogP contribution < -0.4 is 11.1 Å². The Kier molecular flexibility index (Phi) is 6.23. The lowest BCUT2D eigenvalue weighted by Gasteiger charge is -2.40. The van der Waals surface area contributed by atoms with Crippen LogP contribution >= 0.6 is 15.9 Å². The summed E-state index contributed by atoms with van der Waals surface area (Å²) in [6.45, 7) is 0. The van der Waals surface area contributed by atoms with Gasteiger partial charge in [0.15, 0.2) is 0 Å². The smallest absolute Gasteiger partial charge is 0.245 e. The summed E-state index contributed by atoms with van der Waals surface area (Å²) in [4.78, 5) is 29.2. The summed E-state index contributed by atoms with van der Waals surface area (Å²) in [7, 11) is 0. The Morgan fingerprint density at radius 3 is 2.32 bits per heavy atom. The molecule has 2 aromatic rings. The third kappa shape index (κ3) is 4.38. The monoisotopic (exact) mass is 531 g/mol. The summed E-state index contributed by atoms with van der Waals surface area (Å²) in [5.41, 5.74) is 6.24. The van der Waals surface area contributed by atoms with Gasteiger partial charge in [-0.15, -0.1) is 0 Å². The molecular formula is C26H28BrF2N3O2. The van der Waals surface area contributed by atoms with E-state index < -0.39 is 23.1 Å². The molecule has 0 aromatic heterocycles. The van der Waals surface area contributed by atoms with Crippen molar-refractivity contribution in [2.75, 3.05) is 0 Å². The SMILES string of the molecule is NC1CC2CCC(C1)N2C(=O)[C@H](Cc1ccc(Br)cc1)NC(=O)C1(c2ccc(F)cc2F)CC1. The first-order chi connectivity index (χ1) is 16.3. The molecule has 3 fully saturated rings. The summed E-state index contributed by atoms with van der Waals surface area (Å²) in [6.07, 6.45) is 4.65. The summed E-state index contributed by atoms with van der Waals surface area (Å²) >= 11 is 3.43. The largest absolute Gasteiger partial charge is 0.343 e. The van der Waals surface area contributed by atoms with Crippen molar-refractivity contribution in [1.82, 2.24) is 10.2 Å². The van der Waals surface area contributed by atoms with Crippen LogP contribution in [0.5, 0.6) is 0 Å². The Morgan fingerprint density at radius 2 is 1.74 bits per heavy atom. The summed E-state index contributed by atoms with van der Waals surface area (Å²) in [5.74, 6) is -1.90. The van der Waals surface area contributed by atoms with Gasteiger partial charge in [-0.25, -0.2) is 8.78 Å². The number of piperidine rings is 1. The van der Waals surface area contributed by atoms with Gasteiger partial charge in [-0.2, -0.15) is 0 Å². The fraction of sp³-hybridized carbons (Fsp3) is 0.462. The summed E-state index contributed by atoms with van der Waals surface area (Å²) in [6, 6.07) is 10.5. The second-order valence-corrected chi connectivity index (χ2v) is 10.8. The summed E-state index contributed by atoms with van der Waals surface area (Å²) in [5, 5.41) is 2.97. The molecule has 2 bridgehead atoms. The van der Waals surface area contributed by atoms with E-state index in [9.17, 15) is 18.4 Å². The third-order valence-electron chi connectivity index (χ3n) is 7.61. The van der Waals surface area contributed by atoms with Crippen LogP contribution in [0.1, 0.15) is 49.7 Å². The lowest BCUT2D eigenvalue weighted by Crippen LogP contribution is -2.58. The molecule has 3 N–H and O–H groups in total. The average molecular weight is 532 g/mol. The molecule has 8 heteroatoms. The van der Waals surface area contributed by atoms with E-state index in [0.717, 1.165) is 41.8 Å². The zero-order valence-corrected chi connectivity index (χ0v) is 20.4. The minimum absolute atomic E-state index is 0.0926. The molecule has 2 saturated heterocycles. The van der Waals surface area contributed by atoms with Crippen LogP contribution in [0.4, 0.5) is 8.78 Å². The predicted molar refractivity (Wildman–Crippen MR) is 128 cm³/mol. The topological polar surface area (TPSA) is 75.4 Å². The number of hydrogen-bond acceptors (Lipinski definition) is 3. The van der Waals surface area contributed by atoms with E-state index >= 15 is 0 Å². The zero-order chi connectivity index (χ0) is 24.0. The molecule has 2 heterocycles. The number of nitrogens with zero attached hydrogens (tertiary/aromatic N) is 1. The molecule has 34 heavy (non-hydrogen) atoms. The molecule has 2 amide bonds. The molecule has 1 saturated carbocycles. The Bertz CT molecular complexity index is 1090. The standard InChI is InChI=1S/C26H28BrF2N3O2/c27-16-3-1-15(2-4-16)11-23(24(33)32-19-6-7-20(32)14-18(30)13-19)31-25(34)26(9-10-26)21-8-5-17(28)12-22(21)29/h1-5,8,12,18-20,23H,6-7,9-11,13-14,30H2,(H,31,34)/t18?,19?,20?,23-/m0/s1. The minimum Gasteiger partial charge on any atom is -0.343 e. The Balaban J connectivity index is 1.41. The number of carbonyl (C=O) groups is 2. The second kappa shape index (κ2) is 9.04. The molecule has 5 rings (SSSR count). The zero-order valence-electron chi connectivity index (χ0n) is 18.8. The molecule has 2 aromatic carbocycles. The third-order valence-corrected chi connectivity index (χ3v) is 8.14. The highest BCUT2D eigenvalue weighted by atomic mass is 79.9. The molecule has 0 spiro atoms. The van der Waals surface area contributed by atoms with Crippen molar-refractivity contribution in [3.05, 3.63) is 69.7 Å². The van der Waals surface area contributed by atoms with Gasteiger partial charge in [-0.1, -0.05) is 34.1 Å². The molecule has 2 aliphatic heterocycles. The number of carbonyl (C=O) groups excluding carboxylic acids is 2. The molecule has 5 nitrogen and oxygen atoms in total. The van der Waals surface area contributed by atoms with Gasteiger partial charge in [-0.05, 0) is 62.3 Å². The van der Waals surface area contributed by atoms with Gasteiger partial charge in [0.1, 0.15) is 17.7 Å². The first kappa shape index (κ1) is 23.4. The van der Waals surface area contributed by atoms with Crippen LogP contribution in [0.3, 0.4) is 0 Å². The lowest BCUT2D eigenvalue weighted by atomic mass is 9.92. The fourth-order valence-electron chi connectivity index (χ4n) is 5.73. The van der Waals surface area contributed by atoms with E-state index in [4.69, 9.17) is 5.73 Å². The van der Waals surface area contributed by atoms with Gasteiger partial charge in [0.25, 0.3) is 0 Å². The number of nitrogens with two attached hydrogens (primary N) is 1. The van der Waals surface area contributed by atoms with Crippen LogP contribution in [0.15, 0.2) is 46.9 Å². The molecule has 180 valence electrons. The quantitative estimate of drug-likeness (QED) is 0.592. The first-order valence-electron chi connectivity index (χ1n) is 11.9. The predicted octanol–water partition coefficient (Wildman–Crippen LogP) is 3.97. The van der Waals surface area contributed by atoms with Gasteiger partial charge in [0.05, 0.1) is 5.41 Å². The van der Waals surface area contributed by atoms with Crippen molar-refractivity contribution in [2.24, 2.45) is 5.73 Å². The van der Waals surface area contributed by atoms with E-state index in [1.807, 2.05) is 29.2 Å². The van der Waals surface area contributed by atoms with Crippen molar-refractivity contribution < 1.29 is 18.4 Å². The van der Waals surface area contributed by atoms with Gasteiger partial charge >= 0.3 is 0 Å². The number of halogens is 3. The van der Waals surface area contributed by atoms with Crippen molar-refractivity contribution in [2.45, 2.75) is 74.5 Å². The van der Waals surface area contributed by atoms with E-state index in [0.29, 0.717) is 19.3 Å². The van der Waals surface area contributed by atoms with Crippen molar-refractivity contribution in [1.29, 1.82) is 0 Å². The number of nitrogens with one attached hydrogen (secondary N) is 1. The van der Waals surface area contributed by atoms with Crippen molar-refractivity contribution in [3.8, 4) is 0 Å². The van der Waals surface area contributed by atoms with Crippen LogP contribution in [0, 0.1) is 11.6 Å². The molecule has 3 aliphatic rings. The maximum Gasteiger partial charge on any atom is 0.245 e. The van der Waals surface area contributed by atoms with Crippen LogP contribution in [-0.4, -0.2) is 40.9 Å². The Morgan fingerprint density at radius 1 is 1.09 bits per heavy atom. The van der Waals surface area contributed by atoms with Gasteiger partial charge < -0.3 is 16.0 Å². The second-order valence-electron chi connectivity index (χ2n) is 9.92. The fourth-order valence-corrected chi connectivity index (χ4v) is 6.00. The minimum atomic E-state index is -1.06. The number of rotatable bonds is 6. The van der Waals surface area contributed by atoms with Crippen LogP contribution in [-0.2, 0) is 21.4 Å². The highest BCUT2D eigenvalue weighted by Gasteiger charge is 2.54. The van der Waals surface area contributed by atoms with E-state index in [1.54, 1.807) is 0 Å². The van der Waals surface area contributed by atoms with E-state index in [-0.39, 0.29) is 35.5 Å². The summed E-state index contributed by atoms with van der Waals surface area (Å²) < 4.78 is 28.9. The van der Waals surface area contributed by atoms with Crippen molar-refractivity contribution in [3.63, 3.8) is 0 Å². The Labute approximate surface area is 206 Å². The van der Waals surface area contributed by atoms with E-state index in [2.05, 4.69) is 21.2 Å². The highest BCUT2D eigenvalue weighted by molar-refractivity contribution is 9.10. The molecule has 2 unspecified atom stereocenters. The van der Waals surface area contributed by atoms with Gasteiger partial charge in [0.2, 0.25) is 11.8 Å². The lowest BCUT2D eigenvalue weighted by molar-refractivity contribution is -0.140. The number of amides is 2. The van der Waals surface area contributed by atoms with Crippen LogP contribution in [0.2, 0.25) is 0 Å². The van der Waals surface area contributed by atoms with Crippen LogP contribution in [0.25, 0.3) is 0 Å². The number of fused-ring (bicyclic) bond motifs is 2. The maximum absolute atomic E-state index is 14.6. The van der Waals surface area contributed by atoms with Gasteiger partial charge in [-0.3, -0.25) is 9.59 Å². The Hall–Kier alpha value is -2.32. The van der Waals surface area contributed by atoms with Crippen molar-refractivity contribution >= 4 is 27.7 Å². The van der Waals surface area contributed by atoms with Gasteiger partial charge in [0, 0.05) is 40.6 Å².